The van der Waals surface area contributed by atoms with Crippen molar-refractivity contribution < 1.29 is 9.66 Å². The van der Waals surface area contributed by atoms with Gasteiger partial charge in [-0.3, -0.25) is 15.0 Å². The Morgan fingerprint density at radius 3 is 2.53 bits per heavy atom. The zero-order chi connectivity index (χ0) is 12.5. The van der Waals surface area contributed by atoms with Crippen LogP contribution in [0.2, 0.25) is 0 Å². The highest BCUT2D eigenvalue weighted by Crippen LogP contribution is 2.33. The van der Waals surface area contributed by atoms with E-state index in [1.54, 1.807) is 18.2 Å². The Hall–Kier alpha value is -1.33. The Balaban J connectivity index is 0.00000133. The average molecular weight is 285 g/mol. The van der Waals surface area contributed by atoms with Crippen LogP contribution in [0.25, 0.3) is 0 Å². The molecule has 0 saturated carbocycles. The maximum atomic E-state index is 10.9. The second-order valence-electron chi connectivity index (χ2n) is 5.02. The molecule has 3 aliphatic heterocycles. The lowest BCUT2D eigenvalue weighted by Crippen LogP contribution is -2.52. The van der Waals surface area contributed by atoms with Crippen LogP contribution in [0.1, 0.15) is 12.8 Å². The van der Waals surface area contributed by atoms with E-state index < -0.39 is 0 Å². The average Bonchev–Trinajstić information content (AvgIpc) is 2.40. The lowest BCUT2D eigenvalue weighted by atomic mass is 9.86. The molecule has 2 bridgehead atoms. The molecule has 4 rings (SSSR count). The van der Waals surface area contributed by atoms with Crippen molar-refractivity contribution >= 4 is 18.1 Å². The number of benzene rings is 1. The molecule has 1 unspecified atom stereocenters. The number of rotatable bonds is 3. The molecule has 1 aromatic rings. The number of nitro groups is 1. The van der Waals surface area contributed by atoms with Crippen LogP contribution < -0.4 is 4.74 Å². The van der Waals surface area contributed by atoms with E-state index in [0.29, 0.717) is 11.7 Å². The molecule has 1 aromatic carbocycles. The van der Waals surface area contributed by atoms with Gasteiger partial charge in [0.2, 0.25) is 0 Å². The number of halogens is 1. The lowest BCUT2D eigenvalue weighted by Gasteiger charge is -2.44. The van der Waals surface area contributed by atoms with Gasteiger partial charge < -0.3 is 4.74 Å². The van der Waals surface area contributed by atoms with Crippen molar-refractivity contribution in [3.05, 3.63) is 34.4 Å². The molecule has 0 amide bonds. The molecule has 0 spiro atoms. The molecule has 19 heavy (non-hydrogen) atoms. The highest BCUT2D eigenvalue weighted by Gasteiger charge is 2.36. The van der Waals surface area contributed by atoms with Gasteiger partial charge in [-0.25, -0.2) is 0 Å². The molecule has 3 heterocycles. The molecular formula is C13H17ClN2O3. The minimum absolute atomic E-state index is 0. The number of fused-ring (bicyclic) bond motifs is 3. The smallest absolute Gasteiger partial charge is 0.310 e. The van der Waals surface area contributed by atoms with Gasteiger partial charge in [-0.15, -0.1) is 12.4 Å². The number of para-hydroxylation sites is 2. The number of ether oxygens (including phenoxy) is 1. The summed E-state index contributed by atoms with van der Waals surface area (Å²) in [5.74, 6) is 0.955. The number of hydrogen-bond donors (Lipinski definition) is 0. The minimum atomic E-state index is -0.378. The minimum Gasteiger partial charge on any atom is -0.482 e. The van der Waals surface area contributed by atoms with Crippen molar-refractivity contribution in [2.45, 2.75) is 18.9 Å². The summed E-state index contributed by atoms with van der Waals surface area (Å²) in [7, 11) is 0. The molecule has 1 atom stereocenters. The summed E-state index contributed by atoms with van der Waals surface area (Å²) in [5, 5.41) is 10.9. The second-order valence-corrected chi connectivity index (χ2v) is 5.02. The fourth-order valence-electron chi connectivity index (χ4n) is 2.92. The standard InChI is InChI=1S/C13H16N2O3.ClH/c16-15(17)11-3-1-2-4-12(11)18-13-9-14-7-5-10(13)6-8-14;/h1-4,10,13H,5-9H2;1H. The third-order valence-electron chi connectivity index (χ3n) is 3.94. The number of piperidine rings is 3. The van der Waals surface area contributed by atoms with E-state index in [0.717, 1.165) is 32.5 Å². The predicted octanol–water partition coefficient (Wildman–Crippen LogP) is 2.49. The molecular weight excluding hydrogens is 268 g/mol. The summed E-state index contributed by atoms with van der Waals surface area (Å²) in [6.45, 7) is 3.18. The van der Waals surface area contributed by atoms with E-state index in [-0.39, 0.29) is 29.1 Å². The third-order valence-corrected chi connectivity index (χ3v) is 3.94. The monoisotopic (exact) mass is 284 g/mol. The van der Waals surface area contributed by atoms with Crippen molar-refractivity contribution in [2.75, 3.05) is 19.6 Å². The van der Waals surface area contributed by atoms with Gasteiger partial charge in [-0.2, -0.15) is 0 Å². The zero-order valence-electron chi connectivity index (χ0n) is 10.5. The third kappa shape index (κ3) is 2.82. The van der Waals surface area contributed by atoms with E-state index >= 15 is 0 Å². The lowest BCUT2D eigenvalue weighted by molar-refractivity contribution is -0.386. The first kappa shape index (κ1) is 14.1. The van der Waals surface area contributed by atoms with Gasteiger partial charge >= 0.3 is 5.69 Å². The Morgan fingerprint density at radius 1 is 1.26 bits per heavy atom. The Labute approximate surface area is 118 Å². The molecule has 6 heteroatoms. The van der Waals surface area contributed by atoms with E-state index in [9.17, 15) is 10.1 Å². The molecule has 3 fully saturated rings. The molecule has 0 N–H and O–H groups in total. The summed E-state index contributed by atoms with van der Waals surface area (Å²) in [4.78, 5) is 12.9. The number of nitrogens with zero attached hydrogens (tertiary/aromatic N) is 2. The predicted molar refractivity (Wildman–Crippen MR) is 73.9 cm³/mol. The van der Waals surface area contributed by atoms with Gasteiger partial charge in [0.1, 0.15) is 6.10 Å². The largest absolute Gasteiger partial charge is 0.482 e. The van der Waals surface area contributed by atoms with Crippen LogP contribution in [0, 0.1) is 16.0 Å². The van der Waals surface area contributed by atoms with Crippen LogP contribution in [0.5, 0.6) is 5.75 Å². The topological polar surface area (TPSA) is 55.6 Å². The molecule has 3 saturated heterocycles. The highest BCUT2D eigenvalue weighted by atomic mass is 35.5. The molecule has 0 aliphatic carbocycles. The highest BCUT2D eigenvalue weighted by molar-refractivity contribution is 5.85. The molecule has 5 nitrogen and oxygen atoms in total. The van der Waals surface area contributed by atoms with E-state index in [1.807, 2.05) is 0 Å². The van der Waals surface area contributed by atoms with Gasteiger partial charge in [0.15, 0.2) is 5.75 Å². The zero-order valence-corrected chi connectivity index (χ0v) is 11.3. The van der Waals surface area contributed by atoms with E-state index in [4.69, 9.17) is 4.74 Å². The van der Waals surface area contributed by atoms with Crippen molar-refractivity contribution in [2.24, 2.45) is 5.92 Å². The van der Waals surface area contributed by atoms with Crippen molar-refractivity contribution in [3.8, 4) is 5.75 Å². The first-order chi connectivity index (χ1) is 8.74. The normalized spacial score (nSPS) is 28.5. The number of nitro benzene ring substituents is 1. The van der Waals surface area contributed by atoms with Gasteiger partial charge in [-0.05, 0) is 37.9 Å². The van der Waals surface area contributed by atoms with Crippen molar-refractivity contribution in [1.29, 1.82) is 0 Å². The van der Waals surface area contributed by atoms with Crippen LogP contribution in [-0.4, -0.2) is 35.6 Å². The maximum absolute atomic E-state index is 10.9. The fraction of sp³-hybridized carbons (Fsp3) is 0.538. The quantitative estimate of drug-likeness (QED) is 0.632. The first-order valence-corrected chi connectivity index (χ1v) is 6.36. The van der Waals surface area contributed by atoms with Crippen LogP contribution in [0.15, 0.2) is 24.3 Å². The fourth-order valence-corrected chi connectivity index (χ4v) is 2.92. The Morgan fingerprint density at radius 2 is 1.95 bits per heavy atom. The van der Waals surface area contributed by atoms with Gasteiger partial charge in [0, 0.05) is 12.6 Å². The second kappa shape index (κ2) is 5.75. The Bertz CT molecular complexity index is 461. The van der Waals surface area contributed by atoms with Gasteiger partial charge in [0.05, 0.1) is 4.92 Å². The van der Waals surface area contributed by atoms with E-state index in [2.05, 4.69) is 4.90 Å². The van der Waals surface area contributed by atoms with Crippen molar-refractivity contribution in [3.63, 3.8) is 0 Å². The van der Waals surface area contributed by atoms with Crippen LogP contribution in [0.3, 0.4) is 0 Å². The summed E-state index contributed by atoms with van der Waals surface area (Å²) in [6.07, 6.45) is 2.39. The summed E-state index contributed by atoms with van der Waals surface area (Å²) in [6, 6.07) is 6.64. The van der Waals surface area contributed by atoms with Crippen LogP contribution in [0.4, 0.5) is 5.69 Å². The SMILES string of the molecule is Cl.O=[N+]([O-])c1ccccc1OC1CN2CCC1CC2. The van der Waals surface area contributed by atoms with E-state index in [1.165, 1.54) is 6.07 Å². The summed E-state index contributed by atoms with van der Waals surface area (Å²) in [5.41, 5.74) is 0.0638. The number of hydrogen-bond acceptors (Lipinski definition) is 4. The maximum Gasteiger partial charge on any atom is 0.310 e. The molecule has 0 aromatic heterocycles. The summed E-state index contributed by atoms with van der Waals surface area (Å²) < 4.78 is 5.90. The van der Waals surface area contributed by atoms with Crippen LogP contribution in [-0.2, 0) is 0 Å². The van der Waals surface area contributed by atoms with Gasteiger partial charge in [0.25, 0.3) is 0 Å². The Kier molecular flexibility index (Phi) is 4.27. The van der Waals surface area contributed by atoms with Crippen molar-refractivity contribution in [1.82, 2.24) is 4.90 Å². The molecule has 0 radical (unpaired) electrons. The molecule has 104 valence electrons. The van der Waals surface area contributed by atoms with Gasteiger partial charge in [-0.1, -0.05) is 12.1 Å². The molecule has 3 aliphatic rings. The van der Waals surface area contributed by atoms with Crippen LogP contribution >= 0.6 is 12.4 Å². The first-order valence-electron chi connectivity index (χ1n) is 6.36. The summed E-state index contributed by atoms with van der Waals surface area (Å²) >= 11 is 0.